The zero-order valence-electron chi connectivity index (χ0n) is 12.7. The first-order valence-corrected chi connectivity index (χ1v) is 8.32. The van der Waals surface area contributed by atoms with Gasteiger partial charge in [-0.25, -0.2) is 0 Å². The van der Waals surface area contributed by atoms with Gasteiger partial charge in [-0.2, -0.15) is 5.26 Å². The molecule has 21 heavy (non-hydrogen) atoms. The minimum Gasteiger partial charge on any atom is -0.369 e. The van der Waals surface area contributed by atoms with Crippen LogP contribution in [0.2, 0.25) is 0 Å². The highest BCUT2D eigenvalue weighted by Gasteiger charge is 2.31. The molecule has 2 aliphatic rings. The van der Waals surface area contributed by atoms with Crippen LogP contribution in [0, 0.1) is 17.2 Å². The Kier molecular flexibility index (Phi) is 4.77. The summed E-state index contributed by atoms with van der Waals surface area (Å²) < 4.78 is 0. The number of piperazine rings is 1. The first-order valence-electron chi connectivity index (χ1n) is 8.32. The van der Waals surface area contributed by atoms with Crippen molar-refractivity contribution in [1.29, 1.82) is 5.26 Å². The largest absolute Gasteiger partial charge is 0.369 e. The maximum Gasteiger partial charge on any atom is 0.0672 e. The van der Waals surface area contributed by atoms with E-state index in [1.807, 2.05) is 0 Å². The molecule has 1 saturated carbocycles. The summed E-state index contributed by atoms with van der Waals surface area (Å²) >= 11 is 0. The molecule has 1 aliphatic carbocycles. The van der Waals surface area contributed by atoms with Gasteiger partial charge in [-0.05, 0) is 25.0 Å². The minimum atomic E-state index is 0.246. The van der Waals surface area contributed by atoms with Gasteiger partial charge in [-0.15, -0.1) is 0 Å². The van der Waals surface area contributed by atoms with Crippen molar-refractivity contribution in [2.24, 2.45) is 5.92 Å². The number of hydrogen-bond donors (Lipinski definition) is 0. The third kappa shape index (κ3) is 3.39. The molecule has 3 nitrogen and oxygen atoms in total. The summed E-state index contributed by atoms with van der Waals surface area (Å²) in [5.41, 5.74) is 1.33. The fraction of sp³-hybridized carbons (Fsp3) is 0.611. The van der Waals surface area contributed by atoms with Crippen LogP contribution in [0.5, 0.6) is 0 Å². The first kappa shape index (κ1) is 14.4. The van der Waals surface area contributed by atoms with E-state index >= 15 is 0 Å². The van der Waals surface area contributed by atoms with Gasteiger partial charge in [-0.3, -0.25) is 4.90 Å². The summed E-state index contributed by atoms with van der Waals surface area (Å²) in [5.74, 6) is 0.246. The maximum atomic E-state index is 9.46. The van der Waals surface area contributed by atoms with Gasteiger partial charge in [0.05, 0.1) is 12.0 Å². The Morgan fingerprint density at radius 3 is 2.33 bits per heavy atom. The molecule has 1 aromatic rings. The number of benzene rings is 1. The minimum absolute atomic E-state index is 0.246. The van der Waals surface area contributed by atoms with E-state index < -0.39 is 0 Å². The lowest BCUT2D eigenvalue weighted by Gasteiger charge is -2.41. The van der Waals surface area contributed by atoms with Crippen LogP contribution in [0.1, 0.15) is 32.1 Å². The second-order valence-electron chi connectivity index (χ2n) is 6.30. The maximum absolute atomic E-state index is 9.46. The lowest BCUT2D eigenvalue weighted by molar-refractivity contribution is 0.145. The Bertz CT molecular complexity index is 471. The van der Waals surface area contributed by atoms with Gasteiger partial charge in [-0.1, -0.05) is 37.5 Å². The lowest BCUT2D eigenvalue weighted by atomic mass is 9.94. The van der Waals surface area contributed by atoms with Crippen LogP contribution in [-0.2, 0) is 0 Å². The van der Waals surface area contributed by atoms with Crippen molar-refractivity contribution in [3.05, 3.63) is 30.3 Å². The van der Waals surface area contributed by atoms with E-state index in [0.717, 1.165) is 32.6 Å². The molecular weight excluding hydrogens is 258 g/mol. The summed E-state index contributed by atoms with van der Waals surface area (Å²) in [4.78, 5) is 5.05. The molecule has 1 aliphatic heterocycles. The molecule has 0 bridgehead atoms. The molecular formula is C18H25N3. The van der Waals surface area contributed by atoms with Gasteiger partial charge < -0.3 is 4.90 Å². The molecule has 0 spiro atoms. The molecule has 3 rings (SSSR count). The normalized spacial score (nSPS) is 27.9. The Morgan fingerprint density at radius 2 is 1.62 bits per heavy atom. The topological polar surface area (TPSA) is 30.3 Å². The third-order valence-electron chi connectivity index (χ3n) is 5.05. The fourth-order valence-corrected chi connectivity index (χ4v) is 3.83. The summed E-state index contributed by atoms with van der Waals surface area (Å²) in [7, 11) is 0. The molecule has 1 heterocycles. The number of nitriles is 1. The molecule has 112 valence electrons. The van der Waals surface area contributed by atoms with E-state index in [1.54, 1.807) is 0 Å². The van der Waals surface area contributed by atoms with Crippen molar-refractivity contribution in [2.75, 3.05) is 31.1 Å². The highest BCUT2D eigenvalue weighted by molar-refractivity contribution is 5.46. The second kappa shape index (κ2) is 6.95. The van der Waals surface area contributed by atoms with Crippen molar-refractivity contribution in [1.82, 2.24) is 4.90 Å². The van der Waals surface area contributed by atoms with Crippen molar-refractivity contribution >= 4 is 5.69 Å². The smallest absolute Gasteiger partial charge is 0.0672 e. The Labute approximate surface area is 128 Å². The average molecular weight is 283 g/mol. The quantitative estimate of drug-likeness (QED) is 0.780. The van der Waals surface area contributed by atoms with Crippen LogP contribution in [0.25, 0.3) is 0 Å². The summed E-state index contributed by atoms with van der Waals surface area (Å²) in [5, 5.41) is 9.46. The molecule has 0 amide bonds. The second-order valence-corrected chi connectivity index (χ2v) is 6.30. The van der Waals surface area contributed by atoms with Crippen molar-refractivity contribution in [3.8, 4) is 6.07 Å². The average Bonchev–Trinajstić information content (AvgIpc) is 2.81. The molecule has 2 atom stereocenters. The van der Waals surface area contributed by atoms with E-state index in [2.05, 4.69) is 46.2 Å². The number of rotatable bonds is 2. The van der Waals surface area contributed by atoms with E-state index in [-0.39, 0.29) is 5.92 Å². The number of para-hydroxylation sites is 1. The molecule has 1 saturated heterocycles. The van der Waals surface area contributed by atoms with Crippen LogP contribution >= 0.6 is 0 Å². The van der Waals surface area contributed by atoms with Crippen LogP contribution in [0.4, 0.5) is 5.69 Å². The number of nitrogens with zero attached hydrogens (tertiary/aromatic N) is 3. The third-order valence-corrected chi connectivity index (χ3v) is 5.05. The predicted octanol–water partition coefficient (Wildman–Crippen LogP) is 3.28. The van der Waals surface area contributed by atoms with E-state index in [9.17, 15) is 5.26 Å². The Balaban J connectivity index is 1.61. The van der Waals surface area contributed by atoms with Gasteiger partial charge >= 0.3 is 0 Å². The van der Waals surface area contributed by atoms with Gasteiger partial charge in [0, 0.05) is 37.9 Å². The van der Waals surface area contributed by atoms with Gasteiger partial charge in [0.2, 0.25) is 0 Å². The monoisotopic (exact) mass is 283 g/mol. The van der Waals surface area contributed by atoms with E-state index in [4.69, 9.17) is 0 Å². The van der Waals surface area contributed by atoms with Gasteiger partial charge in [0.15, 0.2) is 0 Å². The van der Waals surface area contributed by atoms with Crippen molar-refractivity contribution < 1.29 is 0 Å². The van der Waals surface area contributed by atoms with Crippen LogP contribution in [0.15, 0.2) is 30.3 Å². The SMILES string of the molecule is N#CC1CCCCCC1N1CCN(c2ccccc2)CC1. The predicted molar refractivity (Wildman–Crippen MR) is 86.2 cm³/mol. The number of anilines is 1. The Morgan fingerprint density at radius 1 is 0.905 bits per heavy atom. The van der Waals surface area contributed by atoms with E-state index in [1.165, 1.54) is 31.4 Å². The number of hydrogen-bond acceptors (Lipinski definition) is 3. The summed E-state index contributed by atoms with van der Waals surface area (Å²) in [6.07, 6.45) is 6.14. The van der Waals surface area contributed by atoms with Crippen molar-refractivity contribution in [3.63, 3.8) is 0 Å². The van der Waals surface area contributed by atoms with Crippen LogP contribution in [-0.4, -0.2) is 37.1 Å². The molecule has 0 radical (unpaired) electrons. The standard InChI is InChI=1S/C18H25N3/c19-15-16-7-3-1-6-10-18(16)21-13-11-20(12-14-21)17-8-4-2-5-9-17/h2,4-5,8-9,16,18H,1,3,6-7,10-14H2. The fourth-order valence-electron chi connectivity index (χ4n) is 3.83. The highest BCUT2D eigenvalue weighted by Crippen LogP contribution is 2.28. The Hall–Kier alpha value is -1.53. The van der Waals surface area contributed by atoms with E-state index in [0.29, 0.717) is 6.04 Å². The van der Waals surface area contributed by atoms with Crippen LogP contribution < -0.4 is 4.90 Å². The van der Waals surface area contributed by atoms with Gasteiger partial charge in [0.1, 0.15) is 0 Å². The van der Waals surface area contributed by atoms with Crippen molar-refractivity contribution in [2.45, 2.75) is 38.1 Å². The summed E-state index contributed by atoms with van der Waals surface area (Å²) in [6.45, 7) is 4.35. The van der Waals surface area contributed by atoms with Gasteiger partial charge in [0.25, 0.3) is 0 Å². The molecule has 0 aromatic heterocycles. The molecule has 2 fully saturated rings. The molecule has 1 aromatic carbocycles. The lowest BCUT2D eigenvalue weighted by Crippen LogP contribution is -2.52. The molecule has 2 unspecified atom stereocenters. The molecule has 3 heteroatoms. The zero-order chi connectivity index (χ0) is 14.5. The summed E-state index contributed by atoms with van der Waals surface area (Å²) in [6, 6.07) is 13.8. The molecule has 0 N–H and O–H groups in total. The zero-order valence-corrected chi connectivity index (χ0v) is 12.7. The van der Waals surface area contributed by atoms with Crippen LogP contribution in [0.3, 0.4) is 0 Å². The first-order chi connectivity index (χ1) is 10.4. The highest BCUT2D eigenvalue weighted by atomic mass is 15.3.